The van der Waals surface area contributed by atoms with Crippen LogP contribution in [0.3, 0.4) is 0 Å². The van der Waals surface area contributed by atoms with Crippen LogP contribution in [0.1, 0.15) is 24.5 Å². The molecule has 0 radical (unpaired) electrons. The molecule has 2 aromatic rings. The fourth-order valence-electron chi connectivity index (χ4n) is 1.34. The lowest BCUT2D eigenvalue weighted by atomic mass is 10.4. The van der Waals surface area contributed by atoms with E-state index in [1.807, 2.05) is 10.7 Å². The van der Waals surface area contributed by atoms with Gasteiger partial charge >= 0.3 is 0 Å². The highest BCUT2D eigenvalue weighted by molar-refractivity contribution is 9.10. The molecule has 0 aliphatic rings. The molecule has 0 saturated carbocycles. The fourth-order valence-corrected chi connectivity index (χ4v) is 2.80. The summed E-state index contributed by atoms with van der Waals surface area (Å²) in [7, 11) is 0. The van der Waals surface area contributed by atoms with E-state index in [-0.39, 0.29) is 0 Å². The van der Waals surface area contributed by atoms with E-state index in [0.29, 0.717) is 19.1 Å². The summed E-state index contributed by atoms with van der Waals surface area (Å²) in [6, 6.07) is 2.46. The van der Waals surface area contributed by atoms with E-state index in [2.05, 4.69) is 56.0 Å². The highest BCUT2D eigenvalue weighted by atomic mass is 79.9. The zero-order valence-corrected chi connectivity index (χ0v) is 12.1. The summed E-state index contributed by atoms with van der Waals surface area (Å²) in [6.07, 6.45) is 0. The number of nitrogens with one attached hydrogen (secondary N) is 1. The largest absolute Gasteiger partial charge is 0.308 e. The van der Waals surface area contributed by atoms with Crippen molar-refractivity contribution >= 4 is 27.3 Å². The third kappa shape index (κ3) is 3.34. The van der Waals surface area contributed by atoms with Crippen molar-refractivity contribution in [1.29, 1.82) is 0 Å². The quantitative estimate of drug-likeness (QED) is 0.917. The first-order valence-corrected chi connectivity index (χ1v) is 7.04. The van der Waals surface area contributed by atoms with Crippen molar-refractivity contribution < 1.29 is 0 Å². The van der Waals surface area contributed by atoms with E-state index in [9.17, 15) is 0 Å². The van der Waals surface area contributed by atoms with Gasteiger partial charge in [-0.2, -0.15) is 0 Å². The average molecular weight is 316 g/mol. The molecule has 0 bridgehead atoms. The standard InChI is InChI=1S/C10H14BrN5S/c1-7(2)12-5-10-13-14-15-16(10)6-9-8(11)3-4-17-9/h3-4,7,12H,5-6H2,1-2H3. The fraction of sp³-hybridized carbons (Fsp3) is 0.500. The smallest absolute Gasteiger partial charge is 0.165 e. The monoisotopic (exact) mass is 315 g/mol. The SMILES string of the molecule is CC(C)NCc1nnnn1Cc1sccc1Br. The number of hydrogen-bond donors (Lipinski definition) is 1. The van der Waals surface area contributed by atoms with E-state index >= 15 is 0 Å². The molecular formula is C10H14BrN5S. The minimum Gasteiger partial charge on any atom is -0.308 e. The molecule has 0 fully saturated rings. The van der Waals surface area contributed by atoms with E-state index in [1.54, 1.807) is 11.3 Å². The molecular weight excluding hydrogens is 302 g/mol. The van der Waals surface area contributed by atoms with Gasteiger partial charge in [-0.05, 0) is 37.8 Å². The summed E-state index contributed by atoms with van der Waals surface area (Å²) in [4.78, 5) is 1.23. The van der Waals surface area contributed by atoms with Crippen molar-refractivity contribution in [2.24, 2.45) is 0 Å². The Morgan fingerprint density at radius 1 is 1.53 bits per heavy atom. The van der Waals surface area contributed by atoms with Crippen molar-refractivity contribution in [2.75, 3.05) is 0 Å². The van der Waals surface area contributed by atoms with Crippen LogP contribution in [0.5, 0.6) is 0 Å². The lowest BCUT2D eigenvalue weighted by Gasteiger charge is -2.07. The van der Waals surface area contributed by atoms with Crippen LogP contribution in [0.2, 0.25) is 0 Å². The zero-order valence-electron chi connectivity index (χ0n) is 9.72. The van der Waals surface area contributed by atoms with Gasteiger partial charge in [0.05, 0.1) is 13.1 Å². The first-order valence-electron chi connectivity index (χ1n) is 5.37. The summed E-state index contributed by atoms with van der Waals surface area (Å²) in [5, 5.41) is 17.1. The average Bonchev–Trinajstić information content (AvgIpc) is 2.87. The Morgan fingerprint density at radius 2 is 2.35 bits per heavy atom. The zero-order chi connectivity index (χ0) is 12.3. The molecule has 5 nitrogen and oxygen atoms in total. The van der Waals surface area contributed by atoms with Crippen LogP contribution in [0.4, 0.5) is 0 Å². The van der Waals surface area contributed by atoms with Crippen LogP contribution in [0.25, 0.3) is 0 Å². The summed E-state index contributed by atoms with van der Waals surface area (Å²) in [5.41, 5.74) is 0. The molecule has 92 valence electrons. The maximum Gasteiger partial charge on any atom is 0.165 e. The van der Waals surface area contributed by atoms with Gasteiger partial charge in [0, 0.05) is 15.4 Å². The topological polar surface area (TPSA) is 55.6 Å². The van der Waals surface area contributed by atoms with E-state index in [0.717, 1.165) is 10.3 Å². The second kappa shape index (κ2) is 5.70. The van der Waals surface area contributed by atoms with Gasteiger partial charge in [-0.1, -0.05) is 13.8 Å². The number of halogens is 1. The van der Waals surface area contributed by atoms with Gasteiger partial charge in [-0.15, -0.1) is 16.4 Å². The molecule has 0 atom stereocenters. The van der Waals surface area contributed by atoms with Crippen molar-refractivity contribution in [1.82, 2.24) is 25.5 Å². The second-order valence-corrected chi connectivity index (χ2v) is 5.84. The Labute approximate surface area is 112 Å². The van der Waals surface area contributed by atoms with Crippen LogP contribution in [-0.2, 0) is 13.1 Å². The van der Waals surface area contributed by atoms with E-state index in [1.165, 1.54) is 4.88 Å². The molecule has 1 N–H and O–H groups in total. The Bertz CT molecular complexity index is 479. The van der Waals surface area contributed by atoms with Crippen molar-refractivity contribution in [3.05, 3.63) is 26.6 Å². The normalized spacial score (nSPS) is 11.3. The van der Waals surface area contributed by atoms with Crippen LogP contribution in [0, 0.1) is 0 Å². The molecule has 0 unspecified atom stereocenters. The molecule has 2 aromatic heterocycles. The Balaban J connectivity index is 2.06. The first kappa shape index (κ1) is 12.7. The lowest BCUT2D eigenvalue weighted by Crippen LogP contribution is -2.24. The second-order valence-electron chi connectivity index (χ2n) is 3.98. The van der Waals surface area contributed by atoms with Gasteiger partial charge < -0.3 is 5.32 Å². The molecule has 2 rings (SSSR count). The van der Waals surface area contributed by atoms with Gasteiger partial charge in [0.25, 0.3) is 0 Å². The third-order valence-corrected chi connectivity index (χ3v) is 4.17. The van der Waals surface area contributed by atoms with Crippen LogP contribution in [-0.4, -0.2) is 26.2 Å². The van der Waals surface area contributed by atoms with Crippen LogP contribution >= 0.6 is 27.3 Å². The molecule has 17 heavy (non-hydrogen) atoms. The number of thiophene rings is 1. The van der Waals surface area contributed by atoms with Gasteiger partial charge in [-0.3, -0.25) is 0 Å². The van der Waals surface area contributed by atoms with Crippen molar-refractivity contribution in [3.8, 4) is 0 Å². The number of nitrogens with zero attached hydrogens (tertiary/aromatic N) is 4. The minimum atomic E-state index is 0.425. The van der Waals surface area contributed by atoms with Gasteiger partial charge in [0.2, 0.25) is 0 Å². The Morgan fingerprint density at radius 3 is 3.00 bits per heavy atom. The molecule has 2 heterocycles. The summed E-state index contributed by atoms with van der Waals surface area (Å²) in [6.45, 7) is 5.60. The maximum atomic E-state index is 4.03. The van der Waals surface area contributed by atoms with Crippen molar-refractivity contribution in [2.45, 2.75) is 33.0 Å². The van der Waals surface area contributed by atoms with E-state index < -0.39 is 0 Å². The number of aromatic nitrogens is 4. The molecule has 0 aliphatic heterocycles. The van der Waals surface area contributed by atoms with Gasteiger partial charge in [0.15, 0.2) is 5.82 Å². The highest BCUT2D eigenvalue weighted by Crippen LogP contribution is 2.23. The molecule has 0 spiro atoms. The summed E-state index contributed by atoms with van der Waals surface area (Å²) in [5.74, 6) is 0.860. The Hall–Kier alpha value is -0.790. The number of hydrogen-bond acceptors (Lipinski definition) is 5. The highest BCUT2D eigenvalue weighted by Gasteiger charge is 2.09. The third-order valence-electron chi connectivity index (χ3n) is 2.26. The first-order chi connectivity index (χ1) is 8.16. The lowest BCUT2D eigenvalue weighted by molar-refractivity contribution is 0.539. The number of tetrazole rings is 1. The molecule has 0 amide bonds. The predicted molar refractivity (Wildman–Crippen MR) is 70.9 cm³/mol. The van der Waals surface area contributed by atoms with Gasteiger partial charge in [0.1, 0.15) is 0 Å². The van der Waals surface area contributed by atoms with Crippen LogP contribution in [0.15, 0.2) is 15.9 Å². The molecule has 0 aromatic carbocycles. The number of rotatable bonds is 5. The molecule has 0 aliphatic carbocycles. The molecule has 7 heteroatoms. The van der Waals surface area contributed by atoms with Gasteiger partial charge in [-0.25, -0.2) is 4.68 Å². The van der Waals surface area contributed by atoms with Crippen LogP contribution < -0.4 is 5.32 Å². The summed E-state index contributed by atoms with van der Waals surface area (Å²) < 4.78 is 2.94. The Kier molecular flexibility index (Phi) is 4.25. The molecule has 0 saturated heterocycles. The van der Waals surface area contributed by atoms with E-state index in [4.69, 9.17) is 0 Å². The maximum absolute atomic E-state index is 4.03. The minimum absolute atomic E-state index is 0.425. The van der Waals surface area contributed by atoms with Crippen molar-refractivity contribution in [3.63, 3.8) is 0 Å². The predicted octanol–water partition coefficient (Wildman–Crippen LogP) is 2.04. The summed E-state index contributed by atoms with van der Waals surface area (Å²) >= 11 is 5.21.